The van der Waals surface area contributed by atoms with Crippen molar-refractivity contribution < 1.29 is 38.1 Å². The van der Waals surface area contributed by atoms with Crippen LogP contribution in [0.3, 0.4) is 0 Å². The number of ether oxygens (including phenoxy) is 4. The fourth-order valence-electron chi connectivity index (χ4n) is 4.65. The van der Waals surface area contributed by atoms with Crippen LogP contribution in [-0.2, 0) is 28.7 Å². The Morgan fingerprint density at radius 3 is 1.62 bits per heavy atom. The number of hydrogen-bond acceptors (Lipinski definition) is 8. The average molecular weight is 630 g/mol. The SMILES string of the molecule is CCOC(=O)[C@@H]1CCCN1C(=O)[C@@H](C)Oc1cccc(O[C@H](C)C(=O)N2CCC[C@H]2C(=O)OCC)c1I. The number of carbonyl (C=O) groups is 4. The predicted molar refractivity (Wildman–Crippen MR) is 142 cm³/mol. The molecule has 0 bridgehead atoms. The third kappa shape index (κ3) is 6.85. The molecule has 1 aromatic carbocycles. The lowest BCUT2D eigenvalue weighted by Crippen LogP contribution is -2.47. The van der Waals surface area contributed by atoms with Gasteiger partial charge < -0.3 is 28.7 Å². The molecule has 3 rings (SSSR count). The number of rotatable bonds is 10. The van der Waals surface area contributed by atoms with E-state index in [1.165, 1.54) is 9.80 Å². The molecule has 2 aliphatic heterocycles. The summed E-state index contributed by atoms with van der Waals surface area (Å²) in [5.41, 5.74) is 0. The number of hydrogen-bond donors (Lipinski definition) is 0. The first-order chi connectivity index (χ1) is 17.7. The van der Waals surface area contributed by atoms with Gasteiger partial charge in [-0.05, 0) is 88.1 Å². The summed E-state index contributed by atoms with van der Waals surface area (Å²) in [6.07, 6.45) is 0.905. The zero-order chi connectivity index (χ0) is 27.1. The number of likely N-dealkylation sites (tertiary alicyclic amines) is 2. The lowest BCUT2D eigenvalue weighted by molar-refractivity contribution is -0.155. The molecular weight excluding hydrogens is 595 g/mol. The maximum atomic E-state index is 13.1. The number of nitrogens with zero attached hydrogens (tertiary/aromatic N) is 2. The van der Waals surface area contributed by atoms with E-state index in [9.17, 15) is 19.2 Å². The Morgan fingerprint density at radius 2 is 1.24 bits per heavy atom. The lowest BCUT2D eigenvalue weighted by atomic mass is 10.2. The molecule has 2 heterocycles. The molecule has 0 aliphatic carbocycles. The Labute approximate surface area is 231 Å². The van der Waals surface area contributed by atoms with Gasteiger partial charge in [0.05, 0.1) is 16.8 Å². The van der Waals surface area contributed by atoms with Crippen molar-refractivity contribution in [2.24, 2.45) is 0 Å². The van der Waals surface area contributed by atoms with Crippen molar-refractivity contribution in [3.8, 4) is 11.5 Å². The maximum absolute atomic E-state index is 13.1. The summed E-state index contributed by atoms with van der Waals surface area (Å²) < 4.78 is 22.8. The fraction of sp³-hybridized carbons (Fsp3) is 0.615. The minimum atomic E-state index is -0.840. The first-order valence-corrected chi connectivity index (χ1v) is 13.8. The predicted octanol–water partition coefficient (Wildman–Crippen LogP) is 2.93. The fourth-order valence-corrected chi connectivity index (χ4v) is 5.26. The van der Waals surface area contributed by atoms with Crippen LogP contribution in [0.25, 0.3) is 0 Å². The molecular formula is C26H35IN2O8. The van der Waals surface area contributed by atoms with E-state index in [2.05, 4.69) is 22.6 Å². The summed E-state index contributed by atoms with van der Waals surface area (Å²) in [5.74, 6) is -0.521. The molecule has 1 aromatic rings. The van der Waals surface area contributed by atoms with Gasteiger partial charge >= 0.3 is 11.9 Å². The molecule has 2 amide bonds. The van der Waals surface area contributed by atoms with Crippen LogP contribution in [0.2, 0.25) is 0 Å². The molecule has 37 heavy (non-hydrogen) atoms. The van der Waals surface area contributed by atoms with Gasteiger partial charge in [0, 0.05) is 13.1 Å². The minimum Gasteiger partial charge on any atom is -0.480 e. The first kappa shape index (κ1) is 29.0. The van der Waals surface area contributed by atoms with Crippen molar-refractivity contribution in [1.82, 2.24) is 9.80 Å². The van der Waals surface area contributed by atoms with E-state index in [4.69, 9.17) is 18.9 Å². The summed E-state index contributed by atoms with van der Waals surface area (Å²) in [6.45, 7) is 8.22. The zero-order valence-corrected chi connectivity index (χ0v) is 23.9. The van der Waals surface area contributed by atoms with E-state index >= 15 is 0 Å². The largest absolute Gasteiger partial charge is 0.480 e. The highest BCUT2D eigenvalue weighted by molar-refractivity contribution is 14.1. The molecule has 2 aliphatic rings. The van der Waals surface area contributed by atoms with Crippen LogP contribution in [0.1, 0.15) is 53.4 Å². The van der Waals surface area contributed by atoms with Crippen LogP contribution in [-0.4, -0.2) is 84.1 Å². The average Bonchev–Trinajstić information content (AvgIpc) is 3.56. The Kier molecular flexibility index (Phi) is 10.4. The second-order valence-electron chi connectivity index (χ2n) is 8.97. The molecule has 4 atom stereocenters. The van der Waals surface area contributed by atoms with Gasteiger partial charge in [-0.15, -0.1) is 0 Å². The number of amides is 2. The molecule has 0 unspecified atom stereocenters. The van der Waals surface area contributed by atoms with E-state index in [0.717, 1.165) is 12.8 Å². The second-order valence-corrected chi connectivity index (χ2v) is 10.1. The molecule has 0 aromatic heterocycles. The Morgan fingerprint density at radius 1 is 0.838 bits per heavy atom. The highest BCUT2D eigenvalue weighted by Gasteiger charge is 2.39. The number of carbonyl (C=O) groups excluding carboxylic acids is 4. The van der Waals surface area contributed by atoms with Crippen molar-refractivity contribution in [1.29, 1.82) is 0 Å². The first-order valence-electron chi connectivity index (χ1n) is 12.8. The smallest absolute Gasteiger partial charge is 0.328 e. The standard InChI is InChI=1S/C26H35IN2O8/c1-5-34-25(32)18-10-8-14-28(18)23(30)16(3)36-20-12-7-13-21(22(20)27)37-17(4)24(31)29-15-9-11-19(29)26(33)35-6-2/h7,12-13,16-19H,5-6,8-11,14-15H2,1-4H3/t16-,17-,18+,19+/m1/s1. The van der Waals surface area contributed by atoms with Gasteiger partial charge in [0.1, 0.15) is 23.6 Å². The molecule has 0 spiro atoms. The Hall–Kier alpha value is -2.57. The van der Waals surface area contributed by atoms with Crippen LogP contribution in [0.15, 0.2) is 18.2 Å². The highest BCUT2D eigenvalue weighted by atomic mass is 127. The van der Waals surface area contributed by atoms with Gasteiger partial charge in [-0.3, -0.25) is 9.59 Å². The van der Waals surface area contributed by atoms with Crippen LogP contribution in [0.4, 0.5) is 0 Å². The van der Waals surface area contributed by atoms with Crippen LogP contribution < -0.4 is 9.47 Å². The van der Waals surface area contributed by atoms with Crippen molar-refractivity contribution in [3.63, 3.8) is 0 Å². The lowest BCUT2D eigenvalue weighted by Gasteiger charge is -2.27. The summed E-state index contributed by atoms with van der Waals surface area (Å²) in [7, 11) is 0. The Balaban J connectivity index is 1.65. The van der Waals surface area contributed by atoms with Crippen molar-refractivity contribution >= 4 is 46.3 Å². The van der Waals surface area contributed by atoms with E-state index < -0.39 is 36.2 Å². The maximum Gasteiger partial charge on any atom is 0.328 e. The van der Waals surface area contributed by atoms with Crippen molar-refractivity contribution in [2.45, 2.75) is 77.7 Å². The molecule has 204 valence electrons. The van der Waals surface area contributed by atoms with Gasteiger partial charge in [0.25, 0.3) is 11.8 Å². The molecule has 2 saturated heterocycles. The number of halogens is 1. The van der Waals surface area contributed by atoms with E-state index in [-0.39, 0.29) is 25.0 Å². The van der Waals surface area contributed by atoms with E-state index in [1.54, 1.807) is 45.9 Å². The molecule has 2 fully saturated rings. The van der Waals surface area contributed by atoms with Crippen molar-refractivity contribution in [3.05, 3.63) is 21.8 Å². The van der Waals surface area contributed by atoms with E-state index in [1.807, 2.05) is 0 Å². The van der Waals surface area contributed by atoms with Gasteiger partial charge in [-0.1, -0.05) is 6.07 Å². The normalized spacial score (nSPS) is 20.8. The van der Waals surface area contributed by atoms with Crippen LogP contribution >= 0.6 is 22.6 Å². The van der Waals surface area contributed by atoms with Crippen LogP contribution in [0, 0.1) is 3.57 Å². The molecule has 10 nitrogen and oxygen atoms in total. The van der Waals surface area contributed by atoms with Gasteiger partial charge in [-0.2, -0.15) is 0 Å². The third-order valence-corrected chi connectivity index (χ3v) is 7.48. The van der Waals surface area contributed by atoms with Crippen LogP contribution in [0.5, 0.6) is 11.5 Å². The monoisotopic (exact) mass is 630 g/mol. The molecule has 0 N–H and O–H groups in total. The molecule has 11 heteroatoms. The third-order valence-electron chi connectivity index (χ3n) is 6.42. The van der Waals surface area contributed by atoms with E-state index in [0.29, 0.717) is 41.0 Å². The summed E-state index contributed by atoms with van der Waals surface area (Å²) in [4.78, 5) is 53.7. The second kappa shape index (κ2) is 13.3. The number of esters is 2. The van der Waals surface area contributed by atoms with Gasteiger partial charge in [0.15, 0.2) is 12.2 Å². The minimum absolute atomic E-state index is 0.260. The zero-order valence-electron chi connectivity index (χ0n) is 21.7. The summed E-state index contributed by atoms with van der Waals surface area (Å²) in [5, 5.41) is 0. The summed E-state index contributed by atoms with van der Waals surface area (Å²) >= 11 is 2.05. The van der Waals surface area contributed by atoms with Gasteiger partial charge in [-0.25, -0.2) is 9.59 Å². The van der Waals surface area contributed by atoms with Crippen molar-refractivity contribution in [2.75, 3.05) is 26.3 Å². The highest BCUT2D eigenvalue weighted by Crippen LogP contribution is 2.32. The summed E-state index contributed by atoms with van der Waals surface area (Å²) in [6, 6.07) is 3.96. The quantitative estimate of drug-likeness (QED) is 0.287. The van der Waals surface area contributed by atoms with Gasteiger partial charge in [0.2, 0.25) is 0 Å². The molecule has 0 radical (unpaired) electrons. The Bertz CT molecular complexity index is 929. The molecule has 0 saturated carbocycles. The number of benzene rings is 1. The topological polar surface area (TPSA) is 112 Å².